The second kappa shape index (κ2) is 6.68. The number of nitrogens with zero attached hydrogens (tertiary/aromatic N) is 1. The van der Waals surface area contributed by atoms with Crippen molar-refractivity contribution in [1.29, 1.82) is 0 Å². The van der Waals surface area contributed by atoms with Crippen LogP contribution in [0.3, 0.4) is 0 Å². The first-order chi connectivity index (χ1) is 12.0. The van der Waals surface area contributed by atoms with Gasteiger partial charge in [0.1, 0.15) is 17.2 Å². The van der Waals surface area contributed by atoms with E-state index < -0.39 is 6.09 Å². The Morgan fingerprint density at radius 1 is 1.08 bits per heavy atom. The molecular formula is C19H17NO5. The monoisotopic (exact) mass is 339 g/mol. The Labute approximate surface area is 145 Å². The van der Waals surface area contributed by atoms with Crippen LogP contribution in [-0.2, 0) is 0 Å². The Kier molecular flexibility index (Phi) is 4.43. The van der Waals surface area contributed by atoms with E-state index in [0.717, 1.165) is 5.56 Å². The quantitative estimate of drug-likeness (QED) is 0.802. The molecule has 1 aliphatic heterocycles. The summed E-state index contributed by atoms with van der Waals surface area (Å²) in [5.74, 6) is 1.58. The van der Waals surface area contributed by atoms with Crippen LogP contribution in [0.5, 0.6) is 17.2 Å². The van der Waals surface area contributed by atoms with Crippen LogP contribution in [0.4, 0.5) is 4.79 Å². The molecule has 0 spiro atoms. The number of Topliss-reactive ketones (excluding diaryl/α,β-unsaturated/α-hetero) is 1. The van der Waals surface area contributed by atoms with Crippen molar-refractivity contribution < 1.29 is 23.8 Å². The van der Waals surface area contributed by atoms with Crippen LogP contribution in [0.25, 0.3) is 6.08 Å². The predicted octanol–water partition coefficient (Wildman–Crippen LogP) is 3.37. The number of carbonyl (C=O) groups is 2. The van der Waals surface area contributed by atoms with Crippen LogP contribution in [0, 0.1) is 0 Å². The van der Waals surface area contributed by atoms with Crippen LogP contribution < -0.4 is 14.2 Å². The smallest absolute Gasteiger partial charge is 0.414 e. The maximum Gasteiger partial charge on any atom is 0.414 e. The van der Waals surface area contributed by atoms with Gasteiger partial charge in [-0.15, -0.1) is 0 Å². The molecule has 6 heteroatoms. The standard InChI is InChI=1S/C19H17NO5/c1-20(2)19(22)24-13-6-4-12(5-7-13)10-17-18(21)15-9-8-14(23-3)11-16(15)25-17/h4-11H,1-3H3. The maximum absolute atomic E-state index is 12.4. The molecule has 1 heterocycles. The van der Waals surface area contributed by atoms with Gasteiger partial charge >= 0.3 is 6.09 Å². The molecule has 128 valence electrons. The molecule has 0 radical (unpaired) electrons. The van der Waals surface area contributed by atoms with E-state index in [-0.39, 0.29) is 11.5 Å². The van der Waals surface area contributed by atoms with E-state index in [1.54, 1.807) is 69.7 Å². The summed E-state index contributed by atoms with van der Waals surface area (Å²) in [4.78, 5) is 25.2. The summed E-state index contributed by atoms with van der Waals surface area (Å²) in [7, 11) is 4.77. The molecule has 0 atom stereocenters. The number of fused-ring (bicyclic) bond motifs is 1. The number of hydrogen-bond donors (Lipinski definition) is 0. The number of benzene rings is 2. The van der Waals surface area contributed by atoms with Gasteiger partial charge in [0.15, 0.2) is 5.76 Å². The number of amides is 1. The summed E-state index contributed by atoms with van der Waals surface area (Å²) < 4.78 is 15.9. The van der Waals surface area contributed by atoms with E-state index >= 15 is 0 Å². The van der Waals surface area contributed by atoms with E-state index in [4.69, 9.17) is 14.2 Å². The van der Waals surface area contributed by atoms with Crippen molar-refractivity contribution in [2.24, 2.45) is 0 Å². The fourth-order valence-electron chi connectivity index (χ4n) is 2.27. The van der Waals surface area contributed by atoms with Crippen LogP contribution in [-0.4, -0.2) is 38.0 Å². The van der Waals surface area contributed by atoms with E-state index in [2.05, 4.69) is 0 Å². The largest absolute Gasteiger partial charge is 0.497 e. The minimum absolute atomic E-state index is 0.180. The first kappa shape index (κ1) is 16.6. The lowest BCUT2D eigenvalue weighted by molar-refractivity contribution is 0.101. The minimum Gasteiger partial charge on any atom is -0.497 e. The van der Waals surface area contributed by atoms with Crippen molar-refractivity contribution in [3.8, 4) is 17.2 Å². The Hall–Kier alpha value is -3.28. The van der Waals surface area contributed by atoms with Crippen LogP contribution in [0.2, 0.25) is 0 Å². The summed E-state index contributed by atoms with van der Waals surface area (Å²) in [6, 6.07) is 11.9. The third-order valence-corrected chi connectivity index (χ3v) is 3.63. The number of hydrogen-bond acceptors (Lipinski definition) is 5. The molecular weight excluding hydrogens is 322 g/mol. The van der Waals surface area contributed by atoms with Gasteiger partial charge in [-0.3, -0.25) is 4.79 Å². The van der Waals surface area contributed by atoms with Crippen LogP contribution in [0.15, 0.2) is 48.2 Å². The molecule has 0 bridgehead atoms. The first-order valence-electron chi connectivity index (χ1n) is 7.59. The summed E-state index contributed by atoms with van der Waals surface area (Å²) in [5, 5.41) is 0. The Balaban J connectivity index is 1.78. The SMILES string of the molecule is COc1ccc2c(c1)OC(=Cc1ccc(OC(=O)N(C)C)cc1)C2=O. The van der Waals surface area contributed by atoms with Gasteiger partial charge in [0.2, 0.25) is 5.78 Å². The molecule has 0 aromatic heterocycles. The number of carbonyl (C=O) groups excluding carboxylic acids is 2. The Morgan fingerprint density at radius 3 is 2.40 bits per heavy atom. The van der Waals surface area contributed by atoms with Crippen molar-refractivity contribution in [1.82, 2.24) is 4.90 Å². The third-order valence-electron chi connectivity index (χ3n) is 3.63. The maximum atomic E-state index is 12.4. The van der Waals surface area contributed by atoms with Crippen LogP contribution in [0.1, 0.15) is 15.9 Å². The molecule has 25 heavy (non-hydrogen) atoms. The molecule has 6 nitrogen and oxygen atoms in total. The van der Waals surface area contributed by atoms with Crippen molar-refractivity contribution in [3.63, 3.8) is 0 Å². The summed E-state index contributed by atoms with van der Waals surface area (Å²) >= 11 is 0. The Morgan fingerprint density at radius 2 is 1.76 bits per heavy atom. The molecule has 0 aliphatic carbocycles. The van der Waals surface area contributed by atoms with Gasteiger partial charge in [-0.25, -0.2) is 4.79 Å². The van der Waals surface area contributed by atoms with Gasteiger partial charge in [0.05, 0.1) is 12.7 Å². The summed E-state index contributed by atoms with van der Waals surface area (Å²) in [6.45, 7) is 0. The fraction of sp³-hybridized carbons (Fsp3) is 0.158. The molecule has 0 fully saturated rings. The average Bonchev–Trinajstić information content (AvgIpc) is 2.91. The number of rotatable bonds is 3. The highest BCUT2D eigenvalue weighted by atomic mass is 16.6. The highest BCUT2D eigenvalue weighted by Gasteiger charge is 2.27. The van der Waals surface area contributed by atoms with E-state index in [0.29, 0.717) is 22.8 Å². The molecule has 0 saturated heterocycles. The third kappa shape index (κ3) is 3.47. The molecule has 2 aromatic rings. The van der Waals surface area contributed by atoms with Crippen molar-refractivity contribution in [2.45, 2.75) is 0 Å². The van der Waals surface area contributed by atoms with E-state index in [1.165, 1.54) is 4.90 Å². The number of methoxy groups -OCH3 is 1. The summed E-state index contributed by atoms with van der Waals surface area (Å²) in [6.07, 6.45) is 1.19. The van der Waals surface area contributed by atoms with Crippen LogP contribution >= 0.6 is 0 Å². The first-order valence-corrected chi connectivity index (χ1v) is 7.59. The highest BCUT2D eigenvalue weighted by molar-refractivity contribution is 6.14. The van der Waals surface area contributed by atoms with Gasteiger partial charge in [0.25, 0.3) is 0 Å². The van der Waals surface area contributed by atoms with Gasteiger partial charge in [-0.2, -0.15) is 0 Å². The van der Waals surface area contributed by atoms with Crippen molar-refractivity contribution >= 4 is 18.0 Å². The molecule has 3 rings (SSSR count). The number of allylic oxidation sites excluding steroid dienone is 1. The number of ketones is 1. The zero-order valence-corrected chi connectivity index (χ0v) is 14.1. The van der Waals surface area contributed by atoms with Crippen molar-refractivity contribution in [2.75, 3.05) is 21.2 Å². The number of ether oxygens (including phenoxy) is 3. The van der Waals surface area contributed by atoms with Gasteiger partial charge in [-0.1, -0.05) is 12.1 Å². The zero-order valence-electron chi connectivity index (χ0n) is 14.1. The summed E-state index contributed by atoms with van der Waals surface area (Å²) in [5.41, 5.74) is 1.26. The lowest BCUT2D eigenvalue weighted by Gasteiger charge is -2.10. The van der Waals surface area contributed by atoms with Gasteiger partial charge in [-0.05, 0) is 35.9 Å². The lowest BCUT2D eigenvalue weighted by atomic mass is 10.1. The molecule has 1 aliphatic rings. The second-order valence-corrected chi connectivity index (χ2v) is 5.63. The zero-order chi connectivity index (χ0) is 18.0. The molecule has 0 N–H and O–H groups in total. The van der Waals surface area contributed by atoms with E-state index in [1.807, 2.05) is 0 Å². The molecule has 1 amide bonds. The minimum atomic E-state index is -0.454. The normalized spacial score (nSPS) is 14.0. The van der Waals surface area contributed by atoms with Crippen molar-refractivity contribution in [3.05, 3.63) is 59.4 Å². The lowest BCUT2D eigenvalue weighted by Crippen LogP contribution is -2.25. The average molecular weight is 339 g/mol. The molecule has 2 aromatic carbocycles. The highest BCUT2D eigenvalue weighted by Crippen LogP contribution is 2.34. The second-order valence-electron chi connectivity index (χ2n) is 5.63. The molecule has 0 saturated carbocycles. The van der Waals surface area contributed by atoms with Gasteiger partial charge < -0.3 is 19.1 Å². The predicted molar refractivity (Wildman–Crippen MR) is 92.1 cm³/mol. The Bertz CT molecular complexity index is 853. The topological polar surface area (TPSA) is 65.1 Å². The van der Waals surface area contributed by atoms with Gasteiger partial charge in [0, 0.05) is 20.2 Å². The van der Waals surface area contributed by atoms with E-state index in [9.17, 15) is 9.59 Å². The molecule has 0 unspecified atom stereocenters. The fourth-order valence-corrected chi connectivity index (χ4v) is 2.27.